The average Bonchev–Trinajstić information content (AvgIpc) is 2.99. The Labute approximate surface area is 133 Å². The van der Waals surface area contributed by atoms with Gasteiger partial charge in [0, 0.05) is 31.3 Å². The summed E-state index contributed by atoms with van der Waals surface area (Å²) in [6.45, 7) is 1.66. The van der Waals surface area contributed by atoms with Gasteiger partial charge in [-0.2, -0.15) is 4.98 Å². The number of halogens is 1. The van der Waals surface area contributed by atoms with Crippen molar-refractivity contribution in [3.05, 3.63) is 30.1 Å². The molecule has 1 aliphatic heterocycles. The number of rotatable bonds is 5. The lowest BCUT2D eigenvalue weighted by Gasteiger charge is -2.27. The number of nitrogens with zero attached hydrogens (tertiary/aromatic N) is 2. The molecule has 1 aromatic heterocycles. The number of fused-ring (bicyclic) bond motifs is 1. The van der Waals surface area contributed by atoms with Crippen molar-refractivity contribution in [3.8, 4) is 5.75 Å². The van der Waals surface area contributed by atoms with Crippen LogP contribution in [0.5, 0.6) is 5.75 Å². The number of oxazole rings is 1. The third-order valence-corrected chi connectivity index (χ3v) is 3.92. The largest absolute Gasteiger partial charge is 0.489 e. The van der Waals surface area contributed by atoms with Crippen molar-refractivity contribution in [3.63, 3.8) is 0 Å². The first-order valence-corrected chi connectivity index (χ1v) is 7.64. The molecule has 124 valence electrons. The van der Waals surface area contributed by atoms with Gasteiger partial charge in [-0.25, -0.2) is 4.39 Å². The highest BCUT2D eigenvalue weighted by atomic mass is 19.1. The topological polar surface area (TPSA) is 84.8 Å². The second-order valence-corrected chi connectivity index (χ2v) is 5.60. The van der Waals surface area contributed by atoms with E-state index in [2.05, 4.69) is 4.98 Å². The van der Waals surface area contributed by atoms with Gasteiger partial charge >= 0.3 is 0 Å². The van der Waals surface area contributed by atoms with Gasteiger partial charge in [0.1, 0.15) is 17.9 Å². The SMILES string of the molecule is NCC(=CF)COc1ccc2nc(N3CCC(O)CC3)oc2c1. The third-order valence-electron chi connectivity index (χ3n) is 3.92. The van der Waals surface area contributed by atoms with E-state index in [4.69, 9.17) is 14.9 Å². The van der Waals surface area contributed by atoms with Crippen molar-refractivity contribution in [2.75, 3.05) is 31.1 Å². The van der Waals surface area contributed by atoms with Crippen molar-refractivity contribution < 1.29 is 18.7 Å². The van der Waals surface area contributed by atoms with Crippen LogP contribution in [0.3, 0.4) is 0 Å². The molecule has 0 amide bonds. The van der Waals surface area contributed by atoms with E-state index in [-0.39, 0.29) is 19.3 Å². The fourth-order valence-corrected chi connectivity index (χ4v) is 2.49. The number of aliphatic hydroxyl groups excluding tert-OH is 1. The Morgan fingerprint density at radius 2 is 2.26 bits per heavy atom. The van der Waals surface area contributed by atoms with Gasteiger partial charge in [-0.15, -0.1) is 0 Å². The van der Waals surface area contributed by atoms with Crippen LogP contribution in [-0.2, 0) is 0 Å². The predicted molar refractivity (Wildman–Crippen MR) is 85.2 cm³/mol. The summed E-state index contributed by atoms with van der Waals surface area (Å²) in [7, 11) is 0. The Hall–Kier alpha value is -2.12. The van der Waals surface area contributed by atoms with Crippen molar-refractivity contribution in [2.24, 2.45) is 5.73 Å². The highest BCUT2D eigenvalue weighted by Crippen LogP contribution is 2.27. The Kier molecular flexibility index (Phi) is 4.78. The molecule has 6 nitrogen and oxygen atoms in total. The standard InChI is InChI=1S/C16H20FN3O3/c17-8-11(9-18)10-22-13-1-2-14-15(7-13)23-16(19-14)20-5-3-12(21)4-6-20/h1-2,7-8,12,21H,3-6,9-10,18H2. The number of hydrogen-bond acceptors (Lipinski definition) is 6. The van der Waals surface area contributed by atoms with Gasteiger partial charge in [0.15, 0.2) is 5.58 Å². The number of anilines is 1. The van der Waals surface area contributed by atoms with Crippen LogP contribution in [-0.4, -0.2) is 42.4 Å². The second-order valence-electron chi connectivity index (χ2n) is 5.60. The lowest BCUT2D eigenvalue weighted by molar-refractivity contribution is 0.144. The van der Waals surface area contributed by atoms with Gasteiger partial charge < -0.3 is 24.9 Å². The Bertz CT molecular complexity index is 693. The zero-order valence-electron chi connectivity index (χ0n) is 12.7. The van der Waals surface area contributed by atoms with E-state index in [1.165, 1.54) is 0 Å². The Balaban J connectivity index is 1.73. The van der Waals surface area contributed by atoms with Crippen molar-refractivity contribution in [2.45, 2.75) is 18.9 Å². The normalized spacial score (nSPS) is 17.0. The van der Waals surface area contributed by atoms with Crippen molar-refractivity contribution in [1.29, 1.82) is 0 Å². The Morgan fingerprint density at radius 1 is 1.48 bits per heavy atom. The maximum atomic E-state index is 12.5. The van der Waals surface area contributed by atoms with E-state index < -0.39 is 0 Å². The predicted octanol–water partition coefficient (Wildman–Crippen LogP) is 1.98. The van der Waals surface area contributed by atoms with Crippen molar-refractivity contribution >= 4 is 17.1 Å². The quantitative estimate of drug-likeness (QED) is 0.876. The zero-order chi connectivity index (χ0) is 16.2. The molecule has 1 aromatic carbocycles. The van der Waals surface area contributed by atoms with E-state index in [1.807, 2.05) is 4.90 Å². The number of benzene rings is 1. The van der Waals surface area contributed by atoms with Crippen LogP contribution in [0, 0.1) is 0 Å². The summed E-state index contributed by atoms with van der Waals surface area (Å²) in [6, 6.07) is 5.85. The molecule has 1 saturated heterocycles. The van der Waals surface area contributed by atoms with Crippen LogP contribution in [0.15, 0.2) is 34.5 Å². The van der Waals surface area contributed by atoms with E-state index in [1.54, 1.807) is 18.2 Å². The molecular formula is C16H20FN3O3. The smallest absolute Gasteiger partial charge is 0.298 e. The number of ether oxygens (including phenoxy) is 1. The molecule has 0 saturated carbocycles. The van der Waals surface area contributed by atoms with E-state index in [9.17, 15) is 9.50 Å². The molecule has 23 heavy (non-hydrogen) atoms. The molecule has 1 aliphatic rings. The number of aromatic nitrogens is 1. The number of aliphatic hydroxyl groups is 1. The molecule has 0 aliphatic carbocycles. The number of piperidine rings is 1. The van der Waals surface area contributed by atoms with Crippen LogP contribution >= 0.6 is 0 Å². The lowest BCUT2D eigenvalue weighted by atomic mass is 10.1. The second kappa shape index (κ2) is 6.97. The molecule has 0 radical (unpaired) electrons. The van der Waals surface area contributed by atoms with Gasteiger partial charge in [0.05, 0.1) is 12.4 Å². The van der Waals surface area contributed by atoms with E-state index >= 15 is 0 Å². The summed E-state index contributed by atoms with van der Waals surface area (Å²) >= 11 is 0. The van der Waals surface area contributed by atoms with E-state index in [0.717, 1.165) is 18.6 Å². The molecule has 1 fully saturated rings. The first-order valence-electron chi connectivity index (χ1n) is 7.64. The zero-order valence-corrected chi connectivity index (χ0v) is 12.7. The number of hydrogen-bond donors (Lipinski definition) is 2. The van der Waals surface area contributed by atoms with Crippen LogP contribution in [0.25, 0.3) is 11.1 Å². The van der Waals surface area contributed by atoms with Crippen LogP contribution in [0.1, 0.15) is 12.8 Å². The first-order chi connectivity index (χ1) is 11.2. The molecule has 2 heterocycles. The van der Waals surface area contributed by atoms with Gasteiger partial charge in [-0.3, -0.25) is 0 Å². The summed E-state index contributed by atoms with van der Waals surface area (Å²) in [6.07, 6.45) is 1.65. The summed E-state index contributed by atoms with van der Waals surface area (Å²) in [5, 5.41) is 9.56. The van der Waals surface area contributed by atoms with Gasteiger partial charge in [0.25, 0.3) is 6.01 Å². The maximum Gasteiger partial charge on any atom is 0.298 e. The van der Waals surface area contributed by atoms with Gasteiger partial charge in [-0.1, -0.05) is 0 Å². The molecule has 3 N–H and O–H groups in total. The monoisotopic (exact) mass is 321 g/mol. The van der Waals surface area contributed by atoms with Gasteiger partial charge in [0.2, 0.25) is 0 Å². The van der Waals surface area contributed by atoms with Crippen LogP contribution < -0.4 is 15.4 Å². The summed E-state index contributed by atoms with van der Waals surface area (Å²) in [5.74, 6) is 0.571. The minimum atomic E-state index is -0.240. The summed E-state index contributed by atoms with van der Waals surface area (Å²) < 4.78 is 23.8. The third kappa shape index (κ3) is 3.62. The summed E-state index contributed by atoms with van der Waals surface area (Å²) in [5.41, 5.74) is 7.13. The maximum absolute atomic E-state index is 12.5. The van der Waals surface area contributed by atoms with Gasteiger partial charge in [-0.05, 0) is 25.0 Å². The highest BCUT2D eigenvalue weighted by Gasteiger charge is 2.21. The molecular weight excluding hydrogens is 301 g/mol. The van der Waals surface area contributed by atoms with Crippen LogP contribution in [0.2, 0.25) is 0 Å². The molecule has 0 atom stereocenters. The van der Waals surface area contributed by atoms with Crippen molar-refractivity contribution in [1.82, 2.24) is 4.98 Å². The fourth-order valence-electron chi connectivity index (χ4n) is 2.49. The minimum absolute atomic E-state index is 0.101. The summed E-state index contributed by atoms with van der Waals surface area (Å²) in [4.78, 5) is 6.48. The average molecular weight is 321 g/mol. The lowest BCUT2D eigenvalue weighted by Crippen LogP contribution is -2.35. The minimum Gasteiger partial charge on any atom is -0.489 e. The molecule has 7 heteroatoms. The highest BCUT2D eigenvalue weighted by molar-refractivity contribution is 5.76. The van der Waals surface area contributed by atoms with Crippen LogP contribution in [0.4, 0.5) is 10.4 Å². The Morgan fingerprint density at radius 3 is 2.96 bits per heavy atom. The molecule has 0 unspecified atom stereocenters. The molecule has 2 aromatic rings. The first kappa shape index (κ1) is 15.8. The number of nitrogens with two attached hydrogens (primary N) is 1. The molecule has 3 rings (SSSR count). The van der Waals surface area contributed by atoms with E-state index in [0.29, 0.717) is 42.1 Å². The molecule has 0 spiro atoms. The molecule has 0 bridgehead atoms. The fraction of sp³-hybridized carbons (Fsp3) is 0.438.